The fraction of sp³-hybridized carbons (Fsp3) is 0.538. The van der Waals surface area contributed by atoms with E-state index in [-0.39, 0.29) is 12.1 Å². The highest BCUT2D eigenvalue weighted by atomic mass is 19.1. The molecule has 2 saturated heterocycles. The van der Waals surface area contributed by atoms with E-state index >= 15 is 0 Å². The van der Waals surface area contributed by atoms with Crippen LogP contribution in [0.25, 0.3) is 11.1 Å². The normalized spacial score (nSPS) is 20.0. The minimum absolute atomic E-state index is 0.00638. The Hall–Kier alpha value is -2.58. The molecule has 8 heteroatoms. The molecule has 0 bridgehead atoms. The van der Waals surface area contributed by atoms with Gasteiger partial charge >= 0.3 is 0 Å². The number of nitrogens with zero attached hydrogens (tertiary/aromatic N) is 3. The van der Waals surface area contributed by atoms with Crippen LogP contribution in [0.15, 0.2) is 36.5 Å². The summed E-state index contributed by atoms with van der Waals surface area (Å²) >= 11 is 0. The van der Waals surface area contributed by atoms with Crippen molar-refractivity contribution in [2.75, 3.05) is 39.3 Å². The van der Waals surface area contributed by atoms with Gasteiger partial charge in [-0.25, -0.2) is 13.8 Å². The molecule has 0 unspecified atom stereocenters. The molecule has 0 saturated carbocycles. The van der Waals surface area contributed by atoms with Crippen molar-refractivity contribution in [3.8, 4) is 17.0 Å². The Balaban J connectivity index is 1.30. The summed E-state index contributed by atoms with van der Waals surface area (Å²) in [4.78, 5) is 20.5. The van der Waals surface area contributed by atoms with E-state index in [1.807, 2.05) is 6.07 Å². The molecule has 1 atom stereocenters. The van der Waals surface area contributed by atoms with Crippen molar-refractivity contribution in [3.05, 3.63) is 47.9 Å². The van der Waals surface area contributed by atoms with Crippen molar-refractivity contribution in [1.82, 2.24) is 14.8 Å². The summed E-state index contributed by atoms with van der Waals surface area (Å²) in [6.45, 7) is 6.66. The number of aromatic nitrogens is 1. The van der Waals surface area contributed by atoms with E-state index in [1.54, 1.807) is 32.2 Å². The summed E-state index contributed by atoms with van der Waals surface area (Å²) in [5.41, 5.74) is 0.180. The molecule has 1 N–H and O–H groups in total. The van der Waals surface area contributed by atoms with Crippen LogP contribution < -0.4 is 4.74 Å². The predicted molar refractivity (Wildman–Crippen MR) is 126 cm³/mol. The standard InChI is InChI=1S/C26H33F2N3O3/c1-26(2,28)17-30-10-7-18(8-11-30)16-34-24-6-4-20(14-29-24)19-3-5-22(23(27)13-19)25(33)31-12-9-21(32)15-31/h3-6,13-14,18,21,32H,7-12,15-17H2,1-2H3/t21-/m1/s1. The second-order valence-electron chi connectivity index (χ2n) is 10.0. The zero-order chi connectivity index (χ0) is 24.3. The first-order chi connectivity index (χ1) is 16.2. The number of amides is 1. The van der Waals surface area contributed by atoms with E-state index in [0.29, 0.717) is 43.5 Å². The topological polar surface area (TPSA) is 65.9 Å². The molecule has 34 heavy (non-hydrogen) atoms. The lowest BCUT2D eigenvalue weighted by atomic mass is 9.97. The molecular formula is C26H33F2N3O3. The fourth-order valence-electron chi connectivity index (χ4n) is 4.65. The van der Waals surface area contributed by atoms with Gasteiger partial charge in [-0.3, -0.25) is 4.79 Å². The van der Waals surface area contributed by atoms with E-state index in [1.165, 1.54) is 17.0 Å². The first-order valence-electron chi connectivity index (χ1n) is 12.0. The highest BCUT2D eigenvalue weighted by molar-refractivity contribution is 5.95. The van der Waals surface area contributed by atoms with Gasteiger partial charge in [-0.05, 0) is 75.9 Å². The quantitative estimate of drug-likeness (QED) is 0.660. The lowest BCUT2D eigenvalue weighted by Gasteiger charge is -2.34. The fourth-order valence-corrected chi connectivity index (χ4v) is 4.65. The summed E-state index contributed by atoms with van der Waals surface area (Å²) in [5, 5.41) is 9.62. The van der Waals surface area contributed by atoms with Crippen LogP contribution in [-0.4, -0.2) is 76.9 Å². The van der Waals surface area contributed by atoms with Gasteiger partial charge in [-0.1, -0.05) is 6.07 Å². The van der Waals surface area contributed by atoms with Crippen molar-refractivity contribution in [2.45, 2.75) is 44.9 Å². The largest absolute Gasteiger partial charge is 0.477 e. The average molecular weight is 474 g/mol. The maximum atomic E-state index is 14.7. The second kappa shape index (κ2) is 10.4. The van der Waals surface area contributed by atoms with E-state index in [9.17, 15) is 18.7 Å². The van der Waals surface area contributed by atoms with Gasteiger partial charge in [0.15, 0.2) is 0 Å². The number of benzene rings is 1. The monoisotopic (exact) mass is 473 g/mol. The van der Waals surface area contributed by atoms with E-state index in [2.05, 4.69) is 9.88 Å². The van der Waals surface area contributed by atoms with Gasteiger partial charge in [-0.15, -0.1) is 0 Å². The Bertz CT molecular complexity index is 986. The first-order valence-corrected chi connectivity index (χ1v) is 12.0. The highest BCUT2D eigenvalue weighted by Crippen LogP contribution is 2.25. The Kier molecular flexibility index (Phi) is 7.48. The number of ether oxygens (including phenoxy) is 1. The Morgan fingerprint density at radius 3 is 2.47 bits per heavy atom. The third-order valence-corrected chi connectivity index (χ3v) is 6.49. The lowest BCUT2D eigenvalue weighted by Crippen LogP contribution is -2.41. The smallest absolute Gasteiger partial charge is 0.256 e. The van der Waals surface area contributed by atoms with Crippen LogP contribution in [0.5, 0.6) is 5.88 Å². The van der Waals surface area contributed by atoms with Crippen molar-refractivity contribution in [1.29, 1.82) is 0 Å². The molecule has 0 aliphatic carbocycles. The third kappa shape index (κ3) is 6.30. The molecule has 1 aromatic heterocycles. The minimum Gasteiger partial charge on any atom is -0.477 e. The minimum atomic E-state index is -1.18. The molecule has 2 aliphatic rings. The van der Waals surface area contributed by atoms with E-state index < -0.39 is 23.5 Å². The van der Waals surface area contributed by atoms with Crippen LogP contribution >= 0.6 is 0 Å². The number of aliphatic hydroxyl groups is 1. The Labute approximate surface area is 199 Å². The Morgan fingerprint density at radius 1 is 1.15 bits per heavy atom. The van der Waals surface area contributed by atoms with Gasteiger partial charge in [0.05, 0.1) is 18.3 Å². The van der Waals surface area contributed by atoms with E-state index in [4.69, 9.17) is 4.74 Å². The molecule has 2 aliphatic heterocycles. The number of piperidine rings is 1. The molecule has 2 aromatic rings. The number of carbonyl (C=O) groups is 1. The summed E-state index contributed by atoms with van der Waals surface area (Å²) in [7, 11) is 0. The van der Waals surface area contributed by atoms with E-state index in [0.717, 1.165) is 31.5 Å². The zero-order valence-electron chi connectivity index (χ0n) is 19.8. The molecular weight excluding hydrogens is 440 g/mol. The lowest BCUT2D eigenvalue weighted by molar-refractivity contribution is 0.0760. The third-order valence-electron chi connectivity index (χ3n) is 6.49. The van der Waals surface area contributed by atoms with Crippen molar-refractivity contribution in [2.24, 2.45) is 5.92 Å². The first kappa shape index (κ1) is 24.5. The second-order valence-corrected chi connectivity index (χ2v) is 10.0. The van der Waals surface area contributed by atoms with Gasteiger partial charge < -0.3 is 19.6 Å². The molecule has 0 radical (unpaired) electrons. The molecule has 6 nitrogen and oxygen atoms in total. The van der Waals surface area contributed by atoms with Crippen LogP contribution in [0.4, 0.5) is 8.78 Å². The average Bonchev–Trinajstić information content (AvgIpc) is 3.24. The number of β-amino-alcohol motifs (C(OH)–C–C–N with tert-alkyl or cyclic N) is 1. The number of halogens is 2. The maximum Gasteiger partial charge on any atom is 0.256 e. The van der Waals surface area contributed by atoms with Crippen molar-refractivity contribution in [3.63, 3.8) is 0 Å². The highest BCUT2D eigenvalue weighted by Gasteiger charge is 2.27. The van der Waals surface area contributed by atoms with Gasteiger partial charge in [0, 0.05) is 37.5 Å². The number of hydrogen-bond acceptors (Lipinski definition) is 5. The molecule has 4 rings (SSSR count). The summed E-state index contributed by atoms with van der Waals surface area (Å²) in [6, 6.07) is 8.11. The zero-order valence-corrected chi connectivity index (χ0v) is 19.8. The number of rotatable bonds is 7. The number of carbonyl (C=O) groups excluding carboxylic acids is 1. The molecule has 3 heterocycles. The van der Waals surface area contributed by atoms with Crippen LogP contribution in [-0.2, 0) is 0 Å². The van der Waals surface area contributed by atoms with Crippen molar-refractivity contribution >= 4 is 5.91 Å². The van der Waals surface area contributed by atoms with Crippen molar-refractivity contribution < 1.29 is 23.4 Å². The molecule has 1 aromatic carbocycles. The van der Waals surface area contributed by atoms with Crippen LogP contribution in [0, 0.1) is 11.7 Å². The van der Waals surface area contributed by atoms with Crippen LogP contribution in [0.2, 0.25) is 0 Å². The number of aliphatic hydroxyl groups excluding tert-OH is 1. The van der Waals surface area contributed by atoms with Gasteiger partial charge in [-0.2, -0.15) is 0 Å². The maximum absolute atomic E-state index is 14.7. The number of hydrogen-bond donors (Lipinski definition) is 1. The van der Waals surface area contributed by atoms with Gasteiger partial charge in [0.2, 0.25) is 5.88 Å². The number of alkyl halides is 1. The SMILES string of the molecule is CC(C)(F)CN1CCC(COc2ccc(-c3ccc(C(=O)N4CC[C@@H](O)C4)c(F)c3)cn2)CC1. The molecule has 1 amide bonds. The number of likely N-dealkylation sites (tertiary alicyclic amines) is 2. The Morgan fingerprint density at radius 2 is 1.88 bits per heavy atom. The number of pyridine rings is 1. The predicted octanol–water partition coefficient (Wildman–Crippen LogP) is 3.93. The molecule has 0 spiro atoms. The van der Waals surface area contributed by atoms with Gasteiger partial charge in [0.25, 0.3) is 5.91 Å². The van der Waals surface area contributed by atoms with Gasteiger partial charge in [0.1, 0.15) is 11.5 Å². The summed E-state index contributed by atoms with van der Waals surface area (Å²) in [5.74, 6) is -0.0688. The van der Waals surface area contributed by atoms with Crippen LogP contribution in [0.1, 0.15) is 43.5 Å². The summed E-state index contributed by atoms with van der Waals surface area (Å²) in [6.07, 6.45) is 3.54. The summed E-state index contributed by atoms with van der Waals surface area (Å²) < 4.78 is 34.4. The van der Waals surface area contributed by atoms with Crippen LogP contribution in [0.3, 0.4) is 0 Å². The molecule has 184 valence electrons. The molecule has 2 fully saturated rings.